The molecule has 166 valence electrons. The van der Waals surface area contributed by atoms with Gasteiger partial charge < -0.3 is 19.7 Å². The Morgan fingerprint density at radius 3 is 2.58 bits per heavy atom. The Morgan fingerprint density at radius 1 is 1.10 bits per heavy atom. The first kappa shape index (κ1) is 18.4. The molecule has 3 aliphatic rings. The molecule has 3 fully saturated rings. The summed E-state index contributed by atoms with van der Waals surface area (Å²) in [6, 6.07) is 4.63. The number of aromatic nitrogens is 2. The number of halogens is 3. The van der Waals surface area contributed by atoms with E-state index in [1.54, 1.807) is 6.07 Å². The molecule has 1 aromatic heterocycles. The van der Waals surface area contributed by atoms with E-state index in [0.29, 0.717) is 50.0 Å². The molecule has 1 aliphatic carbocycles. The van der Waals surface area contributed by atoms with Crippen molar-refractivity contribution in [2.45, 2.75) is 25.0 Å². The molecule has 5 rings (SSSR count). The lowest BCUT2D eigenvalue weighted by Gasteiger charge is -2.28. The fraction of sp³-hybridized carbons (Fsp3) is 0.545. The maximum atomic E-state index is 14.0. The summed E-state index contributed by atoms with van der Waals surface area (Å²) in [6.07, 6.45) is 1.16. The maximum Gasteiger partial charge on any atom is 0.168 e. The number of hydrogen-bond acceptors (Lipinski definition) is 6. The van der Waals surface area contributed by atoms with Gasteiger partial charge in [-0.1, -0.05) is 0 Å². The number of benzene rings is 1. The minimum atomic E-state index is -1.57. The van der Waals surface area contributed by atoms with E-state index >= 15 is 0 Å². The number of ether oxygens (including phenoxy) is 2. The molecule has 1 unspecified atom stereocenters. The van der Waals surface area contributed by atoms with Crippen molar-refractivity contribution in [2.24, 2.45) is 11.8 Å². The van der Waals surface area contributed by atoms with Gasteiger partial charge >= 0.3 is 0 Å². The van der Waals surface area contributed by atoms with E-state index in [1.807, 2.05) is 4.90 Å². The highest BCUT2D eigenvalue weighted by Crippen LogP contribution is 2.39. The third kappa shape index (κ3) is 4.53. The van der Waals surface area contributed by atoms with E-state index in [0.717, 1.165) is 18.9 Å². The van der Waals surface area contributed by atoms with Gasteiger partial charge in [0.25, 0.3) is 0 Å². The minimum absolute atomic E-state index is 0.0477. The standard InChI is InChI=1S/C22H25F3N4O2/c23-15-7-18(22(25)19(24)8-15)20-1-2-21(28-27-20)26-16-5-13-9-29(10-14(13)6-16)11-17-12-30-3-4-31-17/h1-2,7-8,13-14,16-17H,3-6,9-12H2,(H,26,28)/t13-,14+,16?,17-/m1/s1/i11D2. The monoisotopic (exact) mass is 436 g/mol. The van der Waals surface area contributed by atoms with Crippen LogP contribution in [0.4, 0.5) is 19.0 Å². The van der Waals surface area contributed by atoms with Gasteiger partial charge in [-0.3, -0.25) is 0 Å². The quantitative estimate of drug-likeness (QED) is 0.727. The summed E-state index contributed by atoms with van der Waals surface area (Å²) < 4.78 is 69.0. The second-order valence-electron chi connectivity index (χ2n) is 8.35. The Bertz CT molecular complexity index is 994. The predicted octanol–water partition coefficient (Wildman–Crippen LogP) is 3.10. The van der Waals surface area contributed by atoms with Crippen LogP contribution in [0.3, 0.4) is 0 Å². The van der Waals surface area contributed by atoms with Crippen LogP contribution in [0.2, 0.25) is 0 Å². The number of nitrogens with zero attached hydrogens (tertiary/aromatic N) is 3. The predicted molar refractivity (Wildman–Crippen MR) is 108 cm³/mol. The van der Waals surface area contributed by atoms with Crippen LogP contribution in [0.15, 0.2) is 24.3 Å². The van der Waals surface area contributed by atoms with Gasteiger partial charge in [0.15, 0.2) is 11.6 Å². The zero-order valence-corrected chi connectivity index (χ0v) is 16.9. The van der Waals surface area contributed by atoms with Gasteiger partial charge in [0.1, 0.15) is 11.6 Å². The average molecular weight is 436 g/mol. The maximum absolute atomic E-state index is 14.0. The summed E-state index contributed by atoms with van der Waals surface area (Å²) >= 11 is 0. The smallest absolute Gasteiger partial charge is 0.168 e. The summed E-state index contributed by atoms with van der Waals surface area (Å²) in [6.45, 7) is 0.931. The fourth-order valence-corrected chi connectivity index (χ4v) is 4.79. The highest BCUT2D eigenvalue weighted by atomic mass is 19.2. The van der Waals surface area contributed by atoms with E-state index in [2.05, 4.69) is 15.5 Å². The van der Waals surface area contributed by atoms with Gasteiger partial charge in [-0.2, -0.15) is 0 Å². The lowest BCUT2D eigenvalue weighted by molar-refractivity contribution is -0.0964. The van der Waals surface area contributed by atoms with E-state index in [-0.39, 0.29) is 23.9 Å². The van der Waals surface area contributed by atoms with Crippen LogP contribution in [0, 0.1) is 29.3 Å². The Morgan fingerprint density at radius 2 is 1.90 bits per heavy atom. The number of rotatable bonds is 5. The van der Waals surface area contributed by atoms with Crippen molar-refractivity contribution in [1.82, 2.24) is 15.1 Å². The molecule has 2 saturated heterocycles. The first-order valence-corrected chi connectivity index (χ1v) is 10.5. The largest absolute Gasteiger partial charge is 0.376 e. The molecular weight excluding hydrogens is 409 g/mol. The first-order valence-electron chi connectivity index (χ1n) is 11.5. The number of hydrogen-bond donors (Lipinski definition) is 1. The van der Waals surface area contributed by atoms with Gasteiger partial charge in [0, 0.05) is 40.0 Å². The van der Waals surface area contributed by atoms with Crippen LogP contribution in [-0.2, 0) is 9.47 Å². The molecule has 31 heavy (non-hydrogen) atoms. The normalized spacial score (nSPS) is 30.0. The second-order valence-corrected chi connectivity index (χ2v) is 8.35. The summed E-state index contributed by atoms with van der Waals surface area (Å²) in [7, 11) is 0. The van der Waals surface area contributed by atoms with E-state index in [4.69, 9.17) is 12.2 Å². The third-order valence-corrected chi connectivity index (χ3v) is 6.18. The molecular formula is C22H25F3N4O2. The molecule has 3 heterocycles. The van der Waals surface area contributed by atoms with Crippen molar-refractivity contribution in [2.75, 3.05) is 44.7 Å². The van der Waals surface area contributed by atoms with Gasteiger partial charge in [0.2, 0.25) is 0 Å². The molecule has 1 aromatic carbocycles. The Balaban J connectivity index is 1.19. The van der Waals surface area contributed by atoms with Crippen molar-refractivity contribution in [3.05, 3.63) is 41.7 Å². The van der Waals surface area contributed by atoms with Crippen molar-refractivity contribution in [1.29, 1.82) is 0 Å². The van der Waals surface area contributed by atoms with E-state index in [9.17, 15) is 13.2 Å². The molecule has 4 atom stereocenters. The topological polar surface area (TPSA) is 59.5 Å². The van der Waals surface area contributed by atoms with Crippen LogP contribution in [0.25, 0.3) is 11.3 Å². The average Bonchev–Trinajstić information content (AvgIpc) is 3.37. The number of likely N-dealkylation sites (tertiary alicyclic amines) is 1. The van der Waals surface area contributed by atoms with Crippen LogP contribution >= 0.6 is 0 Å². The summed E-state index contributed by atoms with van der Waals surface area (Å²) in [5.41, 5.74) is -0.227. The molecule has 0 spiro atoms. The summed E-state index contributed by atoms with van der Waals surface area (Å²) in [5, 5.41) is 11.3. The van der Waals surface area contributed by atoms with Crippen LogP contribution in [0.1, 0.15) is 15.6 Å². The molecule has 9 heteroatoms. The highest BCUT2D eigenvalue weighted by Gasteiger charge is 2.41. The lowest BCUT2D eigenvalue weighted by Crippen LogP contribution is -2.39. The fourth-order valence-electron chi connectivity index (χ4n) is 4.79. The molecule has 6 nitrogen and oxygen atoms in total. The molecule has 0 bridgehead atoms. The summed E-state index contributed by atoms with van der Waals surface area (Å²) in [5.74, 6) is -2.10. The molecule has 0 radical (unpaired) electrons. The summed E-state index contributed by atoms with van der Waals surface area (Å²) in [4.78, 5) is 1.87. The Kier molecular flexibility index (Phi) is 5.16. The lowest BCUT2D eigenvalue weighted by atomic mass is 10.0. The van der Waals surface area contributed by atoms with Crippen molar-refractivity contribution in [3.63, 3.8) is 0 Å². The van der Waals surface area contributed by atoms with Crippen LogP contribution in [0.5, 0.6) is 0 Å². The Labute approximate surface area is 181 Å². The molecule has 1 saturated carbocycles. The zero-order chi connectivity index (χ0) is 23.2. The molecule has 2 aromatic rings. The van der Waals surface area contributed by atoms with E-state index < -0.39 is 30.1 Å². The number of nitrogens with one attached hydrogen (secondary N) is 1. The van der Waals surface area contributed by atoms with Crippen molar-refractivity contribution >= 4 is 5.82 Å². The molecule has 2 aliphatic heterocycles. The van der Waals surface area contributed by atoms with Crippen molar-refractivity contribution < 1.29 is 25.4 Å². The SMILES string of the molecule is [2H]C([2H])([C@@H]1COCCO1)N1C[C@H]2CC(Nc3ccc(-c4cc(F)cc(F)c4F)nn3)C[C@H]2C1. The van der Waals surface area contributed by atoms with Gasteiger partial charge in [-0.05, 0) is 42.9 Å². The first-order chi connectivity index (χ1) is 15.8. The van der Waals surface area contributed by atoms with Crippen LogP contribution < -0.4 is 5.32 Å². The second kappa shape index (κ2) is 8.72. The third-order valence-electron chi connectivity index (χ3n) is 6.18. The van der Waals surface area contributed by atoms with Crippen molar-refractivity contribution in [3.8, 4) is 11.3 Å². The Hall–Kier alpha value is -2.23. The number of fused-ring (bicyclic) bond motifs is 1. The molecule has 0 amide bonds. The van der Waals surface area contributed by atoms with E-state index in [1.165, 1.54) is 6.07 Å². The molecule has 1 N–H and O–H groups in total. The van der Waals surface area contributed by atoms with Gasteiger partial charge in [-0.15, -0.1) is 10.2 Å². The van der Waals surface area contributed by atoms with Gasteiger partial charge in [-0.25, -0.2) is 13.2 Å². The van der Waals surface area contributed by atoms with Gasteiger partial charge in [0.05, 0.1) is 31.6 Å². The minimum Gasteiger partial charge on any atom is -0.376 e. The van der Waals surface area contributed by atoms with Crippen LogP contribution in [-0.4, -0.2) is 66.7 Å². The zero-order valence-electron chi connectivity index (χ0n) is 18.9. The highest BCUT2D eigenvalue weighted by molar-refractivity contribution is 5.60. The number of anilines is 1.